The van der Waals surface area contributed by atoms with Crippen molar-refractivity contribution in [1.82, 2.24) is 10.2 Å². The molecule has 0 aliphatic carbocycles. The van der Waals surface area contributed by atoms with Gasteiger partial charge in [0.2, 0.25) is 5.91 Å². The van der Waals surface area contributed by atoms with Crippen molar-refractivity contribution in [2.24, 2.45) is 5.92 Å². The van der Waals surface area contributed by atoms with Crippen LogP contribution in [-0.4, -0.2) is 57.0 Å². The first-order chi connectivity index (χ1) is 12.5. The summed E-state index contributed by atoms with van der Waals surface area (Å²) in [5, 5.41) is 3.33. The molecule has 1 amide bonds. The summed E-state index contributed by atoms with van der Waals surface area (Å²) >= 11 is 0. The molecule has 0 radical (unpaired) electrons. The third-order valence-electron chi connectivity index (χ3n) is 5.41. The molecule has 2 fully saturated rings. The molecule has 2 aliphatic heterocycles. The molecule has 1 aromatic rings. The van der Waals surface area contributed by atoms with Crippen molar-refractivity contribution in [3.05, 3.63) is 29.8 Å². The van der Waals surface area contributed by atoms with E-state index in [2.05, 4.69) is 5.32 Å². The van der Waals surface area contributed by atoms with E-state index in [0.29, 0.717) is 25.3 Å². The molecule has 0 saturated carbocycles. The SMILES string of the molecule is COc1ccc(CN(C(=O)CCC2CCNC2)C2CCS(=O)(=O)C2)cc1.Cl. The molecular weight excluding hydrogens is 388 g/mol. The van der Waals surface area contributed by atoms with Crippen LogP contribution in [0.5, 0.6) is 5.75 Å². The zero-order valence-electron chi connectivity index (χ0n) is 15.7. The number of hydrogen-bond acceptors (Lipinski definition) is 5. The fourth-order valence-electron chi connectivity index (χ4n) is 3.80. The molecule has 1 aromatic carbocycles. The third-order valence-corrected chi connectivity index (χ3v) is 7.16. The van der Waals surface area contributed by atoms with Crippen LogP contribution in [0.2, 0.25) is 0 Å². The number of methoxy groups -OCH3 is 1. The van der Waals surface area contributed by atoms with E-state index >= 15 is 0 Å². The smallest absolute Gasteiger partial charge is 0.223 e. The number of halogens is 1. The van der Waals surface area contributed by atoms with Crippen molar-refractivity contribution >= 4 is 28.2 Å². The summed E-state index contributed by atoms with van der Waals surface area (Å²) in [6.45, 7) is 2.45. The number of benzene rings is 1. The molecule has 8 heteroatoms. The first-order valence-corrected chi connectivity index (χ1v) is 11.1. The van der Waals surface area contributed by atoms with Crippen molar-refractivity contribution in [2.45, 2.75) is 38.3 Å². The van der Waals surface area contributed by atoms with Crippen LogP contribution >= 0.6 is 12.4 Å². The van der Waals surface area contributed by atoms with E-state index in [4.69, 9.17) is 4.74 Å². The van der Waals surface area contributed by atoms with E-state index in [0.717, 1.165) is 37.2 Å². The van der Waals surface area contributed by atoms with Gasteiger partial charge < -0.3 is 15.0 Å². The first-order valence-electron chi connectivity index (χ1n) is 9.30. The first kappa shape index (κ1) is 22.0. The molecule has 152 valence electrons. The van der Waals surface area contributed by atoms with Crippen molar-refractivity contribution in [1.29, 1.82) is 0 Å². The topological polar surface area (TPSA) is 75.7 Å². The van der Waals surface area contributed by atoms with Gasteiger partial charge in [0.1, 0.15) is 5.75 Å². The number of sulfone groups is 1. The number of carbonyl (C=O) groups excluding carboxylic acids is 1. The van der Waals surface area contributed by atoms with E-state index in [1.807, 2.05) is 24.3 Å². The number of carbonyl (C=O) groups is 1. The standard InChI is InChI=1S/C19H28N2O4S.ClH/c1-25-18-5-2-16(3-6-18)13-21(17-9-11-26(23,24)14-17)19(22)7-4-15-8-10-20-12-15;/h2-3,5-6,15,17,20H,4,7-14H2,1H3;1H. The molecule has 27 heavy (non-hydrogen) atoms. The second-order valence-corrected chi connectivity index (χ2v) is 9.55. The van der Waals surface area contributed by atoms with E-state index in [1.54, 1.807) is 12.0 Å². The van der Waals surface area contributed by atoms with Gasteiger partial charge in [-0.2, -0.15) is 0 Å². The molecule has 2 unspecified atom stereocenters. The predicted octanol–water partition coefficient (Wildman–Crippen LogP) is 2.02. The highest BCUT2D eigenvalue weighted by molar-refractivity contribution is 7.91. The van der Waals surface area contributed by atoms with Crippen LogP contribution < -0.4 is 10.1 Å². The predicted molar refractivity (Wildman–Crippen MR) is 108 cm³/mol. The van der Waals surface area contributed by atoms with Crippen LogP contribution in [0, 0.1) is 5.92 Å². The Labute approximate surface area is 168 Å². The molecule has 2 heterocycles. The van der Waals surface area contributed by atoms with Gasteiger partial charge in [0.15, 0.2) is 9.84 Å². The van der Waals surface area contributed by atoms with E-state index < -0.39 is 9.84 Å². The van der Waals surface area contributed by atoms with Gasteiger partial charge in [0.25, 0.3) is 0 Å². The number of hydrogen-bond donors (Lipinski definition) is 1. The van der Waals surface area contributed by atoms with Crippen LogP contribution in [-0.2, 0) is 21.2 Å². The van der Waals surface area contributed by atoms with Gasteiger partial charge in [-0.25, -0.2) is 8.42 Å². The van der Waals surface area contributed by atoms with Gasteiger partial charge in [-0.05, 0) is 56.0 Å². The fourth-order valence-corrected chi connectivity index (χ4v) is 5.53. The maximum atomic E-state index is 12.9. The minimum Gasteiger partial charge on any atom is -0.497 e. The Morgan fingerprint density at radius 2 is 2.00 bits per heavy atom. The Balaban J connectivity index is 0.00000261. The van der Waals surface area contributed by atoms with Crippen molar-refractivity contribution in [2.75, 3.05) is 31.7 Å². The van der Waals surface area contributed by atoms with Gasteiger partial charge >= 0.3 is 0 Å². The van der Waals surface area contributed by atoms with Crippen molar-refractivity contribution in [3.63, 3.8) is 0 Å². The van der Waals surface area contributed by atoms with Gasteiger partial charge in [-0.15, -0.1) is 12.4 Å². The minimum atomic E-state index is -3.03. The fraction of sp³-hybridized carbons (Fsp3) is 0.632. The molecule has 3 rings (SSSR count). The summed E-state index contributed by atoms with van der Waals surface area (Å²) in [4.78, 5) is 14.7. The highest BCUT2D eigenvalue weighted by atomic mass is 35.5. The Morgan fingerprint density at radius 1 is 1.26 bits per heavy atom. The number of rotatable bonds is 7. The number of ether oxygens (including phenoxy) is 1. The molecule has 2 aliphatic rings. The third kappa shape index (κ3) is 6.09. The van der Waals surface area contributed by atoms with Gasteiger partial charge in [-0.1, -0.05) is 12.1 Å². The molecule has 6 nitrogen and oxygen atoms in total. The normalized spacial score (nSPS) is 23.6. The number of nitrogens with one attached hydrogen (secondary N) is 1. The quantitative estimate of drug-likeness (QED) is 0.735. The Bertz CT molecular complexity index is 718. The average Bonchev–Trinajstić information content (AvgIpc) is 3.27. The Hall–Kier alpha value is -1.31. The van der Waals surface area contributed by atoms with E-state index in [1.165, 1.54) is 0 Å². The van der Waals surface area contributed by atoms with Crippen LogP contribution in [0.15, 0.2) is 24.3 Å². The highest BCUT2D eigenvalue weighted by Crippen LogP contribution is 2.23. The lowest BCUT2D eigenvalue weighted by molar-refractivity contribution is -0.134. The highest BCUT2D eigenvalue weighted by Gasteiger charge is 2.34. The van der Waals surface area contributed by atoms with Crippen molar-refractivity contribution in [3.8, 4) is 5.75 Å². The van der Waals surface area contributed by atoms with Crippen LogP contribution in [0.25, 0.3) is 0 Å². The Kier molecular flexibility index (Phi) is 7.94. The van der Waals surface area contributed by atoms with Crippen LogP contribution in [0.1, 0.15) is 31.2 Å². The molecule has 0 aromatic heterocycles. The molecule has 1 N–H and O–H groups in total. The summed E-state index contributed by atoms with van der Waals surface area (Å²) < 4.78 is 29.0. The van der Waals surface area contributed by atoms with Gasteiger partial charge in [0, 0.05) is 19.0 Å². The van der Waals surface area contributed by atoms with Crippen molar-refractivity contribution < 1.29 is 17.9 Å². The lowest BCUT2D eigenvalue weighted by Gasteiger charge is -2.29. The van der Waals surface area contributed by atoms with Crippen LogP contribution in [0.4, 0.5) is 0 Å². The summed E-state index contributed by atoms with van der Waals surface area (Å²) in [5.74, 6) is 1.64. The van der Waals surface area contributed by atoms with E-state index in [9.17, 15) is 13.2 Å². The van der Waals surface area contributed by atoms with Gasteiger partial charge in [0.05, 0.1) is 18.6 Å². The monoisotopic (exact) mass is 416 g/mol. The summed E-state index contributed by atoms with van der Waals surface area (Å²) in [7, 11) is -1.41. The molecule has 2 saturated heterocycles. The number of nitrogens with zero attached hydrogens (tertiary/aromatic N) is 1. The largest absolute Gasteiger partial charge is 0.497 e. The molecule has 2 atom stereocenters. The minimum absolute atomic E-state index is 0. The van der Waals surface area contributed by atoms with Gasteiger partial charge in [-0.3, -0.25) is 4.79 Å². The van der Waals surface area contributed by atoms with E-state index in [-0.39, 0.29) is 35.9 Å². The lowest BCUT2D eigenvalue weighted by atomic mass is 10.0. The average molecular weight is 417 g/mol. The molecular formula is C19H29ClN2O4S. The molecule has 0 spiro atoms. The summed E-state index contributed by atoms with van der Waals surface area (Å²) in [6.07, 6.45) is 3.00. The number of amides is 1. The summed E-state index contributed by atoms with van der Waals surface area (Å²) in [5.41, 5.74) is 0.992. The Morgan fingerprint density at radius 3 is 2.56 bits per heavy atom. The second-order valence-electron chi connectivity index (χ2n) is 7.32. The zero-order valence-corrected chi connectivity index (χ0v) is 17.4. The maximum absolute atomic E-state index is 12.9. The second kappa shape index (κ2) is 9.75. The lowest BCUT2D eigenvalue weighted by Crippen LogP contribution is -2.40. The maximum Gasteiger partial charge on any atom is 0.223 e. The summed E-state index contributed by atoms with van der Waals surface area (Å²) in [6, 6.07) is 7.39. The molecule has 0 bridgehead atoms. The van der Waals surface area contributed by atoms with Crippen LogP contribution in [0.3, 0.4) is 0 Å². The zero-order chi connectivity index (χ0) is 18.6.